The van der Waals surface area contributed by atoms with E-state index >= 15 is 0 Å². The number of likely N-dealkylation sites (N-methyl/N-ethyl adjacent to an activating group) is 2. The normalized spacial score (nSPS) is 12.9. The molecule has 0 saturated heterocycles. The van der Waals surface area contributed by atoms with Gasteiger partial charge >= 0.3 is 6.61 Å². The van der Waals surface area contributed by atoms with Gasteiger partial charge in [0.05, 0.1) is 6.54 Å². The van der Waals surface area contributed by atoms with E-state index in [1.165, 1.54) is 12.1 Å². The van der Waals surface area contributed by atoms with Gasteiger partial charge in [-0.15, -0.1) is 0 Å². The van der Waals surface area contributed by atoms with E-state index in [1.54, 1.807) is 24.1 Å². The van der Waals surface area contributed by atoms with Crippen LogP contribution < -0.4 is 14.2 Å². The zero-order chi connectivity index (χ0) is 20.8. The SMILES string of the molecule is CN(CC(=O)N(C)Cc1ccc(OC(F)F)cc1)Cc1ccc2c(c1)OCCO2. The van der Waals surface area contributed by atoms with E-state index in [0.717, 1.165) is 22.6 Å². The van der Waals surface area contributed by atoms with Crippen LogP contribution in [0.25, 0.3) is 0 Å². The number of carbonyl (C=O) groups excluding carboxylic acids is 1. The smallest absolute Gasteiger partial charge is 0.387 e. The summed E-state index contributed by atoms with van der Waals surface area (Å²) in [5.41, 5.74) is 1.86. The first-order valence-corrected chi connectivity index (χ1v) is 9.25. The molecule has 8 heteroatoms. The van der Waals surface area contributed by atoms with Gasteiger partial charge in [0.2, 0.25) is 5.91 Å². The number of rotatable bonds is 8. The van der Waals surface area contributed by atoms with Gasteiger partial charge in [0.15, 0.2) is 11.5 Å². The lowest BCUT2D eigenvalue weighted by Gasteiger charge is -2.23. The summed E-state index contributed by atoms with van der Waals surface area (Å²) in [6, 6.07) is 12.0. The first kappa shape index (κ1) is 20.9. The number of halogens is 2. The van der Waals surface area contributed by atoms with E-state index in [2.05, 4.69) is 4.74 Å². The number of benzene rings is 2. The summed E-state index contributed by atoms with van der Waals surface area (Å²) < 4.78 is 39.8. The molecular weight excluding hydrogens is 382 g/mol. The largest absolute Gasteiger partial charge is 0.486 e. The maximum absolute atomic E-state index is 12.5. The number of hydrogen-bond donors (Lipinski definition) is 0. The number of alkyl halides is 2. The summed E-state index contributed by atoms with van der Waals surface area (Å²) in [5, 5.41) is 0. The predicted octanol–water partition coefficient (Wildman–Crippen LogP) is 3.15. The van der Waals surface area contributed by atoms with Crippen molar-refractivity contribution in [3.63, 3.8) is 0 Å². The lowest BCUT2D eigenvalue weighted by Crippen LogP contribution is -2.36. The van der Waals surface area contributed by atoms with E-state index in [1.807, 2.05) is 30.1 Å². The van der Waals surface area contributed by atoms with Crippen molar-refractivity contribution in [2.45, 2.75) is 19.7 Å². The molecule has 2 aromatic rings. The highest BCUT2D eigenvalue weighted by Crippen LogP contribution is 2.31. The zero-order valence-electron chi connectivity index (χ0n) is 16.4. The summed E-state index contributed by atoms with van der Waals surface area (Å²) in [5.74, 6) is 1.52. The third kappa shape index (κ3) is 6.05. The lowest BCUT2D eigenvalue weighted by atomic mass is 10.2. The molecule has 1 heterocycles. The molecule has 0 atom stereocenters. The van der Waals surface area contributed by atoms with Gasteiger partial charge in [-0.1, -0.05) is 18.2 Å². The van der Waals surface area contributed by atoms with Gasteiger partial charge in [-0.25, -0.2) is 0 Å². The summed E-state index contributed by atoms with van der Waals surface area (Å²) in [4.78, 5) is 16.0. The summed E-state index contributed by atoms with van der Waals surface area (Å²) in [7, 11) is 3.59. The lowest BCUT2D eigenvalue weighted by molar-refractivity contribution is -0.131. The van der Waals surface area contributed by atoms with Crippen LogP contribution in [-0.4, -0.2) is 56.2 Å². The van der Waals surface area contributed by atoms with E-state index in [9.17, 15) is 13.6 Å². The summed E-state index contributed by atoms with van der Waals surface area (Å²) in [6.07, 6.45) is 0. The van der Waals surface area contributed by atoms with Crippen molar-refractivity contribution in [2.24, 2.45) is 0 Å². The fourth-order valence-corrected chi connectivity index (χ4v) is 3.04. The van der Waals surface area contributed by atoms with Crippen LogP contribution in [0.4, 0.5) is 8.78 Å². The van der Waals surface area contributed by atoms with Gasteiger partial charge in [-0.05, 0) is 42.4 Å². The highest BCUT2D eigenvalue weighted by Gasteiger charge is 2.15. The topological polar surface area (TPSA) is 51.2 Å². The molecule has 0 radical (unpaired) electrons. The maximum atomic E-state index is 12.5. The molecule has 0 spiro atoms. The molecule has 3 rings (SSSR count). The van der Waals surface area contributed by atoms with Crippen LogP contribution in [0.15, 0.2) is 42.5 Å². The minimum Gasteiger partial charge on any atom is -0.486 e. The Balaban J connectivity index is 1.49. The first-order chi connectivity index (χ1) is 13.9. The third-order valence-corrected chi connectivity index (χ3v) is 4.46. The van der Waals surface area contributed by atoms with Crippen LogP contribution in [0, 0.1) is 0 Å². The van der Waals surface area contributed by atoms with Gasteiger partial charge in [0.25, 0.3) is 0 Å². The molecule has 1 aliphatic heterocycles. The fourth-order valence-electron chi connectivity index (χ4n) is 3.04. The molecule has 1 aliphatic rings. The monoisotopic (exact) mass is 406 g/mol. The molecule has 0 N–H and O–H groups in total. The minimum atomic E-state index is -2.85. The number of carbonyl (C=O) groups is 1. The van der Waals surface area contributed by atoms with Crippen molar-refractivity contribution in [2.75, 3.05) is 33.9 Å². The Morgan fingerprint density at radius 3 is 2.34 bits per heavy atom. The van der Waals surface area contributed by atoms with Crippen molar-refractivity contribution in [1.82, 2.24) is 9.80 Å². The Hall–Kier alpha value is -2.87. The number of amides is 1. The highest BCUT2D eigenvalue weighted by molar-refractivity contribution is 5.78. The first-order valence-electron chi connectivity index (χ1n) is 9.25. The summed E-state index contributed by atoms with van der Waals surface area (Å²) >= 11 is 0. The van der Waals surface area contributed by atoms with Crippen LogP contribution in [0.3, 0.4) is 0 Å². The molecule has 6 nitrogen and oxygen atoms in total. The number of nitrogens with zero attached hydrogens (tertiary/aromatic N) is 2. The molecule has 2 aromatic carbocycles. The number of ether oxygens (including phenoxy) is 3. The van der Waals surface area contributed by atoms with Gasteiger partial charge in [0.1, 0.15) is 19.0 Å². The third-order valence-electron chi connectivity index (χ3n) is 4.46. The molecule has 0 bridgehead atoms. The molecule has 0 fully saturated rings. The van der Waals surface area contributed by atoms with E-state index in [0.29, 0.717) is 26.3 Å². The Kier molecular flexibility index (Phi) is 6.87. The molecule has 0 aromatic heterocycles. The van der Waals surface area contributed by atoms with Crippen LogP contribution in [0.1, 0.15) is 11.1 Å². The van der Waals surface area contributed by atoms with Gasteiger partial charge in [-0.2, -0.15) is 8.78 Å². The van der Waals surface area contributed by atoms with E-state index in [-0.39, 0.29) is 18.2 Å². The van der Waals surface area contributed by atoms with Gasteiger partial charge < -0.3 is 19.1 Å². The average Bonchev–Trinajstić information content (AvgIpc) is 2.68. The fraction of sp³-hybridized carbons (Fsp3) is 0.381. The van der Waals surface area contributed by atoms with Crippen molar-refractivity contribution in [3.05, 3.63) is 53.6 Å². The molecule has 29 heavy (non-hydrogen) atoms. The highest BCUT2D eigenvalue weighted by atomic mass is 19.3. The van der Waals surface area contributed by atoms with Crippen LogP contribution in [0.5, 0.6) is 17.2 Å². The minimum absolute atomic E-state index is 0.0436. The summed E-state index contributed by atoms with van der Waals surface area (Å²) in [6.45, 7) is -0.548. The van der Waals surface area contributed by atoms with E-state index in [4.69, 9.17) is 9.47 Å². The Bertz CT molecular complexity index is 830. The molecular formula is C21H24F2N2O4. The van der Waals surface area contributed by atoms with Gasteiger partial charge in [-0.3, -0.25) is 9.69 Å². The molecule has 156 valence electrons. The van der Waals surface area contributed by atoms with Crippen molar-refractivity contribution < 1.29 is 27.8 Å². The van der Waals surface area contributed by atoms with Crippen LogP contribution in [0.2, 0.25) is 0 Å². The Morgan fingerprint density at radius 1 is 1.00 bits per heavy atom. The second-order valence-corrected chi connectivity index (χ2v) is 6.92. The van der Waals surface area contributed by atoms with Crippen molar-refractivity contribution >= 4 is 5.91 Å². The van der Waals surface area contributed by atoms with E-state index < -0.39 is 6.61 Å². The molecule has 0 aliphatic carbocycles. The van der Waals surface area contributed by atoms with Crippen LogP contribution >= 0.6 is 0 Å². The molecule has 0 saturated carbocycles. The molecule has 0 unspecified atom stereocenters. The predicted molar refractivity (Wildman–Crippen MR) is 103 cm³/mol. The standard InChI is InChI=1S/C21H24F2N2O4/c1-24(12-16-5-8-18-19(11-16)28-10-9-27-18)14-20(26)25(2)13-15-3-6-17(7-4-15)29-21(22)23/h3-8,11,21H,9-10,12-14H2,1-2H3. The average molecular weight is 406 g/mol. The Labute approximate surface area is 168 Å². The molecule has 1 amide bonds. The number of hydrogen-bond acceptors (Lipinski definition) is 5. The number of fused-ring (bicyclic) bond motifs is 1. The van der Waals surface area contributed by atoms with Crippen molar-refractivity contribution in [3.8, 4) is 17.2 Å². The quantitative estimate of drug-likeness (QED) is 0.674. The Morgan fingerprint density at radius 2 is 1.66 bits per heavy atom. The van der Waals surface area contributed by atoms with Crippen molar-refractivity contribution in [1.29, 1.82) is 0 Å². The zero-order valence-corrected chi connectivity index (χ0v) is 16.4. The second-order valence-electron chi connectivity index (χ2n) is 6.92. The van der Waals surface area contributed by atoms with Gasteiger partial charge in [0, 0.05) is 20.1 Å². The second kappa shape index (κ2) is 9.56. The maximum Gasteiger partial charge on any atom is 0.387 e. The van der Waals surface area contributed by atoms with Crippen LogP contribution in [-0.2, 0) is 17.9 Å².